The van der Waals surface area contributed by atoms with Crippen molar-refractivity contribution in [3.63, 3.8) is 0 Å². The van der Waals surface area contributed by atoms with Crippen LogP contribution in [0.25, 0.3) is 0 Å². The molecule has 0 amide bonds. The van der Waals surface area contributed by atoms with E-state index < -0.39 is 0 Å². The molecule has 10 heavy (non-hydrogen) atoms. The standard InChI is InChI=1S/C8H12N2/c1-3-7-8(9-5-1)4-2-6-10-7/h5,10H,1-4,6H2/p+1. The highest BCUT2D eigenvalue weighted by Crippen LogP contribution is 2.13. The summed E-state index contributed by atoms with van der Waals surface area (Å²) in [6.07, 6.45) is 7.05. The van der Waals surface area contributed by atoms with Crippen molar-refractivity contribution in [2.75, 3.05) is 6.54 Å². The van der Waals surface area contributed by atoms with Gasteiger partial charge in [0, 0.05) is 25.8 Å². The van der Waals surface area contributed by atoms with E-state index in [1.807, 2.05) is 0 Å². The molecule has 0 bridgehead atoms. The molecule has 2 aliphatic rings. The molecule has 0 fully saturated rings. The van der Waals surface area contributed by atoms with Crippen LogP contribution in [0.2, 0.25) is 0 Å². The lowest BCUT2D eigenvalue weighted by Gasteiger charge is -2.17. The topological polar surface area (TPSA) is 26.0 Å². The molecule has 0 aromatic heterocycles. The lowest BCUT2D eigenvalue weighted by Crippen LogP contribution is -2.69. The van der Waals surface area contributed by atoms with Gasteiger partial charge in [-0.2, -0.15) is 0 Å². The largest absolute Gasteiger partial charge is 0.383 e. The van der Waals surface area contributed by atoms with Gasteiger partial charge in [-0.1, -0.05) is 0 Å². The van der Waals surface area contributed by atoms with Gasteiger partial charge in [-0.15, -0.1) is 0 Å². The Labute approximate surface area is 61.0 Å². The minimum absolute atomic E-state index is 1.17. The first kappa shape index (κ1) is 5.96. The van der Waals surface area contributed by atoms with E-state index in [9.17, 15) is 0 Å². The Kier molecular flexibility index (Phi) is 1.46. The summed E-state index contributed by atoms with van der Waals surface area (Å²) in [4.78, 5) is 3.31. The predicted octanol–water partition coefficient (Wildman–Crippen LogP) is -0.473. The minimum Gasteiger partial charge on any atom is -0.383 e. The lowest BCUT2D eigenvalue weighted by atomic mass is 10.1. The zero-order chi connectivity index (χ0) is 6.81. The second-order valence-corrected chi connectivity index (χ2v) is 2.87. The fourth-order valence-electron chi connectivity index (χ4n) is 1.57. The summed E-state index contributed by atoms with van der Waals surface area (Å²) < 4.78 is 0. The zero-order valence-electron chi connectivity index (χ0n) is 6.11. The van der Waals surface area contributed by atoms with Crippen molar-refractivity contribution in [3.8, 4) is 0 Å². The third kappa shape index (κ3) is 0.939. The highest BCUT2D eigenvalue weighted by molar-refractivity contribution is 5.52. The van der Waals surface area contributed by atoms with E-state index in [2.05, 4.69) is 16.5 Å². The Bertz CT molecular complexity index is 191. The Balaban J connectivity index is 2.23. The molecule has 0 aliphatic carbocycles. The quantitative estimate of drug-likeness (QED) is 0.463. The highest BCUT2D eigenvalue weighted by atomic mass is 14.9. The first-order valence-electron chi connectivity index (χ1n) is 4.01. The van der Waals surface area contributed by atoms with Gasteiger partial charge in [-0.05, 0) is 6.42 Å². The monoisotopic (exact) mass is 137 g/mol. The third-order valence-electron chi connectivity index (χ3n) is 2.12. The number of hydrogen-bond acceptors (Lipinski definition) is 1. The van der Waals surface area contributed by atoms with Gasteiger partial charge in [0.05, 0.1) is 5.70 Å². The summed E-state index contributed by atoms with van der Waals surface area (Å²) >= 11 is 0. The van der Waals surface area contributed by atoms with Crippen LogP contribution < -0.4 is 10.3 Å². The van der Waals surface area contributed by atoms with E-state index in [0.29, 0.717) is 0 Å². The molecule has 2 heterocycles. The molecule has 0 radical (unpaired) electrons. The number of rotatable bonds is 0. The van der Waals surface area contributed by atoms with Crippen LogP contribution in [-0.2, 0) is 0 Å². The average Bonchev–Trinajstić information content (AvgIpc) is 2.05. The number of allylic oxidation sites excluding steroid dienone is 2. The molecule has 0 aromatic rings. The van der Waals surface area contributed by atoms with Crippen molar-refractivity contribution in [1.29, 1.82) is 0 Å². The van der Waals surface area contributed by atoms with Crippen LogP contribution in [0.4, 0.5) is 0 Å². The molecule has 0 saturated heterocycles. The van der Waals surface area contributed by atoms with E-state index in [1.54, 1.807) is 0 Å². The maximum atomic E-state index is 3.42. The summed E-state index contributed by atoms with van der Waals surface area (Å²) in [6, 6.07) is 0. The maximum Gasteiger partial charge on any atom is 0.198 e. The van der Waals surface area contributed by atoms with Crippen LogP contribution in [0, 0.1) is 0 Å². The van der Waals surface area contributed by atoms with Crippen molar-refractivity contribution >= 4 is 6.21 Å². The van der Waals surface area contributed by atoms with E-state index >= 15 is 0 Å². The van der Waals surface area contributed by atoms with E-state index in [1.165, 1.54) is 43.6 Å². The minimum atomic E-state index is 1.17. The van der Waals surface area contributed by atoms with E-state index in [0.717, 1.165) is 0 Å². The smallest absolute Gasteiger partial charge is 0.198 e. The number of hydrogen-bond donors (Lipinski definition) is 2. The molecule has 2 aliphatic heterocycles. The molecular formula is C8H13N2+. The van der Waals surface area contributed by atoms with Crippen LogP contribution in [-0.4, -0.2) is 12.8 Å². The van der Waals surface area contributed by atoms with Crippen molar-refractivity contribution in [2.24, 2.45) is 0 Å². The fraction of sp³-hybridized carbons (Fsp3) is 0.625. The lowest BCUT2D eigenvalue weighted by molar-refractivity contribution is -0.401. The van der Waals surface area contributed by atoms with Crippen molar-refractivity contribution in [1.82, 2.24) is 5.32 Å². The normalized spacial score (nSPS) is 24.0. The second kappa shape index (κ2) is 2.45. The zero-order valence-corrected chi connectivity index (χ0v) is 6.11. The molecule has 2 rings (SSSR count). The van der Waals surface area contributed by atoms with Crippen LogP contribution in [0.1, 0.15) is 25.7 Å². The molecule has 0 aromatic carbocycles. The molecule has 0 atom stereocenters. The maximum absolute atomic E-state index is 3.42. The van der Waals surface area contributed by atoms with Crippen LogP contribution in [0.3, 0.4) is 0 Å². The summed E-state index contributed by atoms with van der Waals surface area (Å²) in [7, 11) is 0. The van der Waals surface area contributed by atoms with Gasteiger partial charge >= 0.3 is 0 Å². The summed E-state index contributed by atoms with van der Waals surface area (Å²) in [5.74, 6) is 0. The SMILES string of the molecule is C1=[NH+]C2=C(CC1)NCCC2. The Morgan fingerprint density at radius 2 is 2.40 bits per heavy atom. The van der Waals surface area contributed by atoms with Crippen molar-refractivity contribution in [2.45, 2.75) is 25.7 Å². The summed E-state index contributed by atoms with van der Waals surface area (Å²) in [5, 5.41) is 3.42. The first-order chi connectivity index (χ1) is 4.97. The van der Waals surface area contributed by atoms with Crippen LogP contribution >= 0.6 is 0 Å². The molecule has 0 saturated carbocycles. The van der Waals surface area contributed by atoms with Gasteiger partial charge in [-0.25, -0.2) is 4.99 Å². The molecule has 2 nitrogen and oxygen atoms in total. The molecule has 0 spiro atoms. The molecule has 54 valence electrons. The van der Waals surface area contributed by atoms with Gasteiger partial charge in [-0.3, -0.25) is 0 Å². The first-order valence-corrected chi connectivity index (χ1v) is 4.01. The second-order valence-electron chi connectivity index (χ2n) is 2.87. The van der Waals surface area contributed by atoms with Crippen molar-refractivity contribution in [3.05, 3.63) is 11.4 Å². The van der Waals surface area contributed by atoms with Gasteiger partial charge in [0.25, 0.3) is 0 Å². The van der Waals surface area contributed by atoms with Gasteiger partial charge < -0.3 is 5.32 Å². The van der Waals surface area contributed by atoms with Crippen LogP contribution in [0.15, 0.2) is 11.4 Å². The van der Waals surface area contributed by atoms with Gasteiger partial charge in [0.2, 0.25) is 0 Å². The third-order valence-corrected chi connectivity index (χ3v) is 2.12. The van der Waals surface area contributed by atoms with Gasteiger partial charge in [0.15, 0.2) is 5.70 Å². The van der Waals surface area contributed by atoms with E-state index in [-0.39, 0.29) is 0 Å². The predicted molar refractivity (Wildman–Crippen MR) is 40.5 cm³/mol. The highest BCUT2D eigenvalue weighted by Gasteiger charge is 2.17. The van der Waals surface area contributed by atoms with E-state index in [4.69, 9.17) is 0 Å². The summed E-state index contributed by atoms with van der Waals surface area (Å²) in [6.45, 7) is 1.17. The van der Waals surface area contributed by atoms with Crippen LogP contribution in [0.5, 0.6) is 0 Å². The van der Waals surface area contributed by atoms with Crippen molar-refractivity contribution < 1.29 is 4.99 Å². The molecule has 0 unspecified atom stereocenters. The molecule has 2 heteroatoms. The average molecular weight is 137 g/mol. The molecule has 2 N–H and O–H groups in total. The Hall–Kier alpha value is -0.790. The number of nitrogens with one attached hydrogen (secondary N) is 2. The Morgan fingerprint density at radius 3 is 3.30 bits per heavy atom. The molecular weight excluding hydrogens is 124 g/mol. The van der Waals surface area contributed by atoms with Gasteiger partial charge in [0.1, 0.15) is 6.21 Å². The fourth-order valence-corrected chi connectivity index (χ4v) is 1.57. The summed E-state index contributed by atoms with van der Waals surface area (Å²) in [5.41, 5.74) is 2.88. The Morgan fingerprint density at radius 1 is 1.40 bits per heavy atom.